The number of para-hydroxylation sites is 1. The summed E-state index contributed by atoms with van der Waals surface area (Å²) >= 11 is 0. The minimum absolute atomic E-state index is 0.129. The Balaban J connectivity index is 1.72. The standard InChI is InChI=1S/C21H25FN6O/c1-26-11-13-27(14-12-26)20(18-5-3-4-6-19(18)29-2)21-23-24-25-28(21)15-16-7-9-17(22)10-8-16/h3-10,20H,11-15H2,1-2H3/t20-/m0/s1. The van der Waals surface area contributed by atoms with Crippen LogP contribution in [0.1, 0.15) is 23.0 Å². The number of ether oxygens (including phenoxy) is 1. The number of benzene rings is 2. The molecule has 1 aromatic heterocycles. The zero-order valence-corrected chi connectivity index (χ0v) is 16.7. The molecule has 4 rings (SSSR count). The Morgan fingerprint density at radius 1 is 1.03 bits per heavy atom. The molecule has 2 aromatic carbocycles. The van der Waals surface area contributed by atoms with Crippen molar-refractivity contribution < 1.29 is 9.13 Å². The van der Waals surface area contributed by atoms with Crippen molar-refractivity contribution in [3.63, 3.8) is 0 Å². The second-order valence-corrected chi connectivity index (χ2v) is 7.30. The van der Waals surface area contributed by atoms with E-state index in [-0.39, 0.29) is 11.9 Å². The maximum Gasteiger partial charge on any atom is 0.173 e. The maximum absolute atomic E-state index is 13.3. The third kappa shape index (κ3) is 4.28. The molecule has 2 heterocycles. The van der Waals surface area contributed by atoms with Crippen molar-refractivity contribution in [3.8, 4) is 5.75 Å². The minimum Gasteiger partial charge on any atom is -0.496 e. The Morgan fingerprint density at radius 3 is 2.48 bits per heavy atom. The Hall–Kier alpha value is -2.84. The van der Waals surface area contributed by atoms with Gasteiger partial charge in [0.05, 0.1) is 13.7 Å². The number of piperazine rings is 1. The number of nitrogens with zero attached hydrogens (tertiary/aromatic N) is 6. The smallest absolute Gasteiger partial charge is 0.173 e. The third-order valence-electron chi connectivity index (χ3n) is 5.39. The number of halogens is 1. The van der Waals surface area contributed by atoms with E-state index in [4.69, 9.17) is 4.74 Å². The van der Waals surface area contributed by atoms with E-state index >= 15 is 0 Å². The van der Waals surface area contributed by atoms with E-state index in [1.54, 1.807) is 23.9 Å². The molecule has 152 valence electrons. The second-order valence-electron chi connectivity index (χ2n) is 7.30. The van der Waals surface area contributed by atoms with Crippen LogP contribution in [0.5, 0.6) is 5.75 Å². The highest BCUT2D eigenvalue weighted by atomic mass is 19.1. The van der Waals surface area contributed by atoms with Gasteiger partial charge in [0.1, 0.15) is 17.6 Å². The number of likely N-dealkylation sites (N-methyl/N-ethyl adjacent to an activating group) is 1. The summed E-state index contributed by atoms with van der Waals surface area (Å²) in [5.74, 6) is 1.31. The van der Waals surface area contributed by atoms with Crippen LogP contribution in [-0.2, 0) is 6.54 Å². The van der Waals surface area contributed by atoms with Gasteiger partial charge in [0.15, 0.2) is 5.82 Å². The van der Waals surface area contributed by atoms with E-state index in [1.807, 2.05) is 18.2 Å². The fourth-order valence-electron chi connectivity index (χ4n) is 3.75. The molecule has 0 amide bonds. The summed E-state index contributed by atoms with van der Waals surface area (Å²) in [6.07, 6.45) is 0. The summed E-state index contributed by atoms with van der Waals surface area (Å²) in [6, 6.07) is 14.3. The molecular formula is C21H25FN6O. The zero-order valence-electron chi connectivity index (χ0n) is 16.7. The first-order chi connectivity index (χ1) is 14.2. The van der Waals surface area contributed by atoms with E-state index in [2.05, 4.69) is 38.4 Å². The average molecular weight is 396 g/mol. The second kappa shape index (κ2) is 8.67. The van der Waals surface area contributed by atoms with Gasteiger partial charge in [-0.3, -0.25) is 4.90 Å². The Morgan fingerprint density at radius 2 is 1.76 bits per heavy atom. The van der Waals surface area contributed by atoms with Gasteiger partial charge in [-0.1, -0.05) is 30.3 Å². The molecule has 29 heavy (non-hydrogen) atoms. The van der Waals surface area contributed by atoms with Crippen LogP contribution in [0.3, 0.4) is 0 Å². The van der Waals surface area contributed by atoms with Gasteiger partial charge in [-0.2, -0.15) is 0 Å². The molecule has 3 aromatic rings. The van der Waals surface area contributed by atoms with Crippen molar-refractivity contribution in [2.45, 2.75) is 12.6 Å². The van der Waals surface area contributed by atoms with Gasteiger partial charge >= 0.3 is 0 Å². The first-order valence-corrected chi connectivity index (χ1v) is 9.71. The molecule has 0 aliphatic carbocycles. The Kier molecular flexibility index (Phi) is 5.82. The lowest BCUT2D eigenvalue weighted by molar-refractivity contribution is 0.120. The molecule has 0 unspecified atom stereocenters. The lowest BCUT2D eigenvalue weighted by Crippen LogP contribution is -2.46. The third-order valence-corrected chi connectivity index (χ3v) is 5.39. The highest BCUT2D eigenvalue weighted by Gasteiger charge is 2.31. The largest absolute Gasteiger partial charge is 0.496 e. The topological polar surface area (TPSA) is 59.3 Å². The van der Waals surface area contributed by atoms with Gasteiger partial charge in [-0.15, -0.1) is 5.10 Å². The molecule has 0 bridgehead atoms. The van der Waals surface area contributed by atoms with Crippen LogP contribution in [0, 0.1) is 5.82 Å². The van der Waals surface area contributed by atoms with Crippen LogP contribution in [0.2, 0.25) is 0 Å². The molecule has 0 saturated carbocycles. The molecule has 1 aliphatic heterocycles. The Bertz CT molecular complexity index is 936. The monoisotopic (exact) mass is 396 g/mol. The normalized spacial score (nSPS) is 16.7. The van der Waals surface area contributed by atoms with Crippen LogP contribution in [0.4, 0.5) is 4.39 Å². The van der Waals surface area contributed by atoms with Gasteiger partial charge in [-0.05, 0) is 41.2 Å². The number of hydrogen-bond acceptors (Lipinski definition) is 6. The zero-order chi connectivity index (χ0) is 20.2. The summed E-state index contributed by atoms with van der Waals surface area (Å²) in [5, 5.41) is 12.6. The highest BCUT2D eigenvalue weighted by molar-refractivity contribution is 5.39. The van der Waals surface area contributed by atoms with Crippen molar-refractivity contribution in [2.75, 3.05) is 40.3 Å². The fourth-order valence-corrected chi connectivity index (χ4v) is 3.75. The number of methoxy groups -OCH3 is 1. The van der Waals surface area contributed by atoms with Crippen LogP contribution < -0.4 is 4.74 Å². The van der Waals surface area contributed by atoms with E-state index in [0.717, 1.165) is 48.9 Å². The number of tetrazole rings is 1. The SMILES string of the molecule is COc1ccccc1[C@@H](c1nnnn1Cc1ccc(F)cc1)N1CCN(C)CC1. The van der Waals surface area contributed by atoms with Gasteiger partial charge in [0.25, 0.3) is 0 Å². The molecule has 1 saturated heterocycles. The predicted molar refractivity (Wildman–Crippen MR) is 107 cm³/mol. The van der Waals surface area contributed by atoms with E-state index < -0.39 is 0 Å². The summed E-state index contributed by atoms with van der Waals surface area (Å²) in [6.45, 7) is 4.24. The first-order valence-electron chi connectivity index (χ1n) is 9.71. The van der Waals surface area contributed by atoms with E-state index in [1.165, 1.54) is 12.1 Å². The number of hydrogen-bond donors (Lipinski definition) is 0. The van der Waals surface area contributed by atoms with Crippen LogP contribution >= 0.6 is 0 Å². The number of aromatic nitrogens is 4. The quantitative estimate of drug-likeness (QED) is 0.637. The fraction of sp³-hybridized carbons (Fsp3) is 0.381. The van der Waals surface area contributed by atoms with Crippen molar-refractivity contribution in [2.24, 2.45) is 0 Å². The molecule has 0 spiro atoms. The van der Waals surface area contributed by atoms with Crippen LogP contribution in [0.15, 0.2) is 48.5 Å². The van der Waals surface area contributed by atoms with Crippen molar-refractivity contribution in [1.29, 1.82) is 0 Å². The Labute approximate surface area is 169 Å². The summed E-state index contributed by atoms with van der Waals surface area (Å²) in [5.41, 5.74) is 1.98. The molecule has 8 heteroatoms. The molecular weight excluding hydrogens is 371 g/mol. The van der Waals surface area contributed by atoms with Gasteiger partial charge in [0, 0.05) is 31.7 Å². The van der Waals surface area contributed by atoms with Gasteiger partial charge < -0.3 is 9.64 Å². The predicted octanol–water partition coefficient (Wildman–Crippen LogP) is 2.21. The van der Waals surface area contributed by atoms with Gasteiger partial charge in [0.2, 0.25) is 0 Å². The molecule has 1 atom stereocenters. The lowest BCUT2D eigenvalue weighted by atomic mass is 10.0. The minimum atomic E-state index is -0.255. The maximum atomic E-state index is 13.3. The lowest BCUT2D eigenvalue weighted by Gasteiger charge is -2.37. The average Bonchev–Trinajstić information content (AvgIpc) is 3.19. The van der Waals surface area contributed by atoms with Gasteiger partial charge in [-0.25, -0.2) is 9.07 Å². The summed E-state index contributed by atoms with van der Waals surface area (Å²) < 4.78 is 20.7. The summed E-state index contributed by atoms with van der Waals surface area (Å²) in [4.78, 5) is 4.71. The van der Waals surface area contributed by atoms with Crippen LogP contribution in [0.25, 0.3) is 0 Å². The highest BCUT2D eigenvalue weighted by Crippen LogP contribution is 2.34. The number of rotatable bonds is 6. The van der Waals surface area contributed by atoms with Crippen molar-refractivity contribution in [1.82, 2.24) is 30.0 Å². The van der Waals surface area contributed by atoms with Crippen molar-refractivity contribution >= 4 is 0 Å². The first kappa shape index (κ1) is 19.5. The van der Waals surface area contributed by atoms with Crippen molar-refractivity contribution in [3.05, 3.63) is 71.3 Å². The summed E-state index contributed by atoms with van der Waals surface area (Å²) in [7, 11) is 3.81. The molecule has 0 N–H and O–H groups in total. The van der Waals surface area contributed by atoms with E-state index in [0.29, 0.717) is 6.54 Å². The molecule has 7 nitrogen and oxygen atoms in total. The van der Waals surface area contributed by atoms with E-state index in [9.17, 15) is 4.39 Å². The molecule has 1 fully saturated rings. The molecule has 0 radical (unpaired) electrons. The molecule has 1 aliphatic rings. The van der Waals surface area contributed by atoms with Crippen LogP contribution in [-0.4, -0.2) is 70.3 Å².